The van der Waals surface area contributed by atoms with Gasteiger partial charge in [-0.1, -0.05) is 36.4 Å². The van der Waals surface area contributed by atoms with Crippen LogP contribution in [0.15, 0.2) is 48.5 Å². The van der Waals surface area contributed by atoms with E-state index in [4.69, 9.17) is 5.73 Å². The van der Waals surface area contributed by atoms with Crippen LogP contribution in [0.4, 0.5) is 0 Å². The summed E-state index contributed by atoms with van der Waals surface area (Å²) in [6.45, 7) is 1.43. The summed E-state index contributed by atoms with van der Waals surface area (Å²) >= 11 is 0. The van der Waals surface area contributed by atoms with Gasteiger partial charge >= 0.3 is 0 Å². The molecule has 2 aromatic rings. The summed E-state index contributed by atoms with van der Waals surface area (Å²) in [6, 6.07) is 15.2. The van der Waals surface area contributed by atoms with Gasteiger partial charge in [-0.2, -0.15) is 0 Å². The van der Waals surface area contributed by atoms with Crippen molar-refractivity contribution in [1.29, 1.82) is 0 Å². The van der Waals surface area contributed by atoms with E-state index in [1.165, 1.54) is 0 Å². The first-order chi connectivity index (χ1) is 11.5. The highest BCUT2D eigenvalue weighted by molar-refractivity contribution is 5.94. The molecule has 2 amide bonds. The van der Waals surface area contributed by atoms with Gasteiger partial charge in [0, 0.05) is 18.7 Å². The van der Waals surface area contributed by atoms with Crippen LogP contribution in [0.3, 0.4) is 0 Å². The Morgan fingerprint density at radius 3 is 2.00 bits per heavy atom. The van der Waals surface area contributed by atoms with Gasteiger partial charge < -0.3 is 16.0 Å². The number of nitrogens with one attached hydrogen (secondary N) is 1. The van der Waals surface area contributed by atoms with Crippen molar-refractivity contribution in [2.75, 3.05) is 27.2 Å². The minimum atomic E-state index is -0.340. The zero-order valence-electron chi connectivity index (χ0n) is 14.1. The molecule has 0 unspecified atom stereocenters. The Kier molecular flexibility index (Phi) is 6.09. The SMILES string of the molecule is CN(C)CCNC(=O)c1ccc(-c2ccc(CC(N)=O)cc2)cc1. The highest BCUT2D eigenvalue weighted by Gasteiger charge is 2.06. The number of primary amides is 1. The zero-order chi connectivity index (χ0) is 17.5. The number of hydrogen-bond donors (Lipinski definition) is 2. The highest BCUT2D eigenvalue weighted by Crippen LogP contribution is 2.20. The number of amides is 2. The van der Waals surface area contributed by atoms with E-state index in [1.807, 2.05) is 67.5 Å². The molecule has 0 aliphatic carbocycles. The number of carbonyl (C=O) groups excluding carboxylic acids is 2. The van der Waals surface area contributed by atoms with E-state index < -0.39 is 0 Å². The smallest absolute Gasteiger partial charge is 0.251 e. The fourth-order valence-electron chi connectivity index (χ4n) is 2.33. The van der Waals surface area contributed by atoms with E-state index in [-0.39, 0.29) is 18.2 Å². The van der Waals surface area contributed by atoms with Crippen molar-refractivity contribution in [3.8, 4) is 11.1 Å². The molecular formula is C19H23N3O2. The van der Waals surface area contributed by atoms with Gasteiger partial charge in [-0.15, -0.1) is 0 Å². The maximum Gasteiger partial charge on any atom is 0.251 e. The maximum absolute atomic E-state index is 12.0. The zero-order valence-corrected chi connectivity index (χ0v) is 14.1. The van der Waals surface area contributed by atoms with Gasteiger partial charge in [-0.3, -0.25) is 9.59 Å². The van der Waals surface area contributed by atoms with Gasteiger partial charge in [-0.05, 0) is 42.9 Å². The third-order valence-electron chi connectivity index (χ3n) is 3.66. The van der Waals surface area contributed by atoms with Crippen LogP contribution >= 0.6 is 0 Å². The normalized spacial score (nSPS) is 10.6. The molecule has 0 aromatic heterocycles. The van der Waals surface area contributed by atoms with Crippen molar-refractivity contribution in [3.05, 3.63) is 59.7 Å². The number of rotatable bonds is 7. The second-order valence-electron chi connectivity index (χ2n) is 5.98. The van der Waals surface area contributed by atoms with Crippen LogP contribution < -0.4 is 11.1 Å². The van der Waals surface area contributed by atoms with Gasteiger partial charge in [0.2, 0.25) is 5.91 Å². The fourth-order valence-corrected chi connectivity index (χ4v) is 2.33. The molecule has 3 N–H and O–H groups in total. The second-order valence-corrected chi connectivity index (χ2v) is 5.98. The Morgan fingerprint density at radius 1 is 0.958 bits per heavy atom. The average Bonchev–Trinajstić information content (AvgIpc) is 2.55. The molecule has 0 radical (unpaired) electrons. The summed E-state index contributed by atoms with van der Waals surface area (Å²) in [5.41, 5.74) is 8.77. The van der Waals surface area contributed by atoms with Crippen molar-refractivity contribution in [2.24, 2.45) is 5.73 Å². The first-order valence-electron chi connectivity index (χ1n) is 7.86. The van der Waals surface area contributed by atoms with Crippen molar-refractivity contribution in [2.45, 2.75) is 6.42 Å². The van der Waals surface area contributed by atoms with E-state index in [1.54, 1.807) is 0 Å². The van der Waals surface area contributed by atoms with Crippen LogP contribution in [0.25, 0.3) is 11.1 Å². The Morgan fingerprint density at radius 2 is 1.50 bits per heavy atom. The molecule has 0 atom stereocenters. The molecule has 2 rings (SSSR count). The molecule has 0 fully saturated rings. The van der Waals surface area contributed by atoms with Crippen molar-refractivity contribution < 1.29 is 9.59 Å². The monoisotopic (exact) mass is 325 g/mol. The number of likely N-dealkylation sites (N-methyl/N-ethyl adjacent to an activating group) is 1. The quantitative estimate of drug-likeness (QED) is 0.813. The predicted octanol–water partition coefficient (Wildman–Crippen LogP) is 1.67. The van der Waals surface area contributed by atoms with Crippen LogP contribution in [-0.2, 0) is 11.2 Å². The van der Waals surface area contributed by atoms with E-state index in [9.17, 15) is 9.59 Å². The number of hydrogen-bond acceptors (Lipinski definition) is 3. The summed E-state index contributed by atoms with van der Waals surface area (Å²) < 4.78 is 0. The molecule has 0 aliphatic rings. The van der Waals surface area contributed by atoms with E-state index in [0.29, 0.717) is 12.1 Å². The molecule has 5 heteroatoms. The maximum atomic E-state index is 12.0. The predicted molar refractivity (Wildman–Crippen MR) is 95.7 cm³/mol. The number of carbonyl (C=O) groups is 2. The Bertz CT molecular complexity index is 692. The largest absolute Gasteiger partial charge is 0.369 e. The van der Waals surface area contributed by atoms with Gasteiger partial charge in [0.25, 0.3) is 5.91 Å². The fraction of sp³-hybridized carbons (Fsp3) is 0.263. The standard InChI is InChI=1S/C19H23N3O2/c1-22(2)12-11-21-19(24)17-9-7-16(8-10-17)15-5-3-14(4-6-15)13-18(20)23/h3-10H,11-13H2,1-2H3,(H2,20,23)(H,21,24). The van der Waals surface area contributed by atoms with Gasteiger partial charge in [0.05, 0.1) is 6.42 Å². The lowest BCUT2D eigenvalue weighted by atomic mass is 10.0. The molecule has 0 heterocycles. The average molecular weight is 325 g/mol. The molecular weight excluding hydrogens is 302 g/mol. The Labute approximate surface area is 142 Å². The van der Waals surface area contributed by atoms with Crippen molar-refractivity contribution >= 4 is 11.8 Å². The third-order valence-corrected chi connectivity index (χ3v) is 3.66. The lowest BCUT2D eigenvalue weighted by Crippen LogP contribution is -2.31. The topological polar surface area (TPSA) is 75.4 Å². The lowest BCUT2D eigenvalue weighted by molar-refractivity contribution is -0.117. The van der Waals surface area contributed by atoms with Crippen molar-refractivity contribution in [3.63, 3.8) is 0 Å². The molecule has 5 nitrogen and oxygen atoms in total. The first kappa shape index (κ1) is 17.7. The van der Waals surface area contributed by atoms with E-state index in [2.05, 4.69) is 5.32 Å². The summed E-state index contributed by atoms with van der Waals surface area (Å²) in [6.07, 6.45) is 0.242. The Hall–Kier alpha value is -2.66. The van der Waals surface area contributed by atoms with Crippen LogP contribution in [0.5, 0.6) is 0 Å². The number of nitrogens with two attached hydrogens (primary N) is 1. The van der Waals surface area contributed by atoms with Crippen LogP contribution in [0.1, 0.15) is 15.9 Å². The minimum Gasteiger partial charge on any atom is -0.369 e. The summed E-state index contributed by atoms with van der Waals surface area (Å²) in [7, 11) is 3.94. The van der Waals surface area contributed by atoms with Gasteiger partial charge in [-0.25, -0.2) is 0 Å². The lowest BCUT2D eigenvalue weighted by Gasteiger charge is -2.10. The summed E-state index contributed by atoms with van der Waals surface area (Å²) in [4.78, 5) is 25.0. The molecule has 0 saturated carbocycles. The number of nitrogens with zero attached hydrogens (tertiary/aromatic N) is 1. The molecule has 24 heavy (non-hydrogen) atoms. The summed E-state index contributed by atoms with van der Waals surface area (Å²) in [5.74, 6) is -0.410. The molecule has 2 aromatic carbocycles. The molecule has 0 aliphatic heterocycles. The van der Waals surface area contributed by atoms with Crippen molar-refractivity contribution in [1.82, 2.24) is 10.2 Å². The van der Waals surface area contributed by atoms with E-state index in [0.717, 1.165) is 23.2 Å². The summed E-state index contributed by atoms with van der Waals surface area (Å²) in [5, 5.41) is 2.89. The van der Waals surface area contributed by atoms with Gasteiger partial charge in [0.15, 0.2) is 0 Å². The Balaban J connectivity index is 2.00. The molecule has 126 valence electrons. The molecule has 0 spiro atoms. The van der Waals surface area contributed by atoms with E-state index >= 15 is 0 Å². The number of benzene rings is 2. The van der Waals surface area contributed by atoms with Crippen LogP contribution in [0.2, 0.25) is 0 Å². The van der Waals surface area contributed by atoms with Gasteiger partial charge in [0.1, 0.15) is 0 Å². The minimum absolute atomic E-state index is 0.0693. The molecule has 0 bridgehead atoms. The first-order valence-corrected chi connectivity index (χ1v) is 7.86. The second kappa shape index (κ2) is 8.26. The van der Waals surface area contributed by atoms with Crippen LogP contribution in [-0.4, -0.2) is 43.9 Å². The highest BCUT2D eigenvalue weighted by atomic mass is 16.2. The molecule has 0 saturated heterocycles. The third kappa shape index (κ3) is 5.21. The van der Waals surface area contributed by atoms with Crippen LogP contribution in [0, 0.1) is 0 Å².